The van der Waals surface area contributed by atoms with E-state index in [9.17, 15) is 22.8 Å². The van der Waals surface area contributed by atoms with Crippen molar-refractivity contribution >= 4 is 45.5 Å². The lowest BCUT2D eigenvalue weighted by Crippen LogP contribution is -2.26. The summed E-state index contributed by atoms with van der Waals surface area (Å²) in [6.45, 7) is 6.49. The molecule has 12 heteroatoms. The molecule has 1 aliphatic carbocycles. The summed E-state index contributed by atoms with van der Waals surface area (Å²) in [5, 5.41) is 6.49. The molecule has 4 aromatic rings. The maximum Gasteiger partial charge on any atom is 0.433 e. The Balaban J connectivity index is 1.57. The summed E-state index contributed by atoms with van der Waals surface area (Å²) in [5.74, 6) is -1.08. The third-order valence-electron chi connectivity index (χ3n) is 7.21. The number of ether oxygens (including phenoxy) is 1. The van der Waals surface area contributed by atoms with Crippen LogP contribution < -0.4 is 5.32 Å². The minimum Gasteiger partial charge on any atom is -0.465 e. The molecule has 40 heavy (non-hydrogen) atoms. The van der Waals surface area contributed by atoms with Crippen LogP contribution in [0.3, 0.4) is 0 Å². The average Bonchev–Trinajstić information content (AvgIpc) is 3.43. The number of alkyl halides is 3. The number of nitrogens with zero attached hydrogens (tertiary/aromatic N) is 3. The Morgan fingerprint density at radius 2 is 1.88 bits per heavy atom. The van der Waals surface area contributed by atoms with Crippen LogP contribution in [0.2, 0.25) is 5.02 Å². The van der Waals surface area contributed by atoms with Gasteiger partial charge in [0.1, 0.15) is 10.0 Å². The molecule has 3 aromatic heterocycles. The molecule has 1 amide bonds. The van der Waals surface area contributed by atoms with Crippen LogP contribution in [-0.2, 0) is 23.8 Å². The lowest BCUT2D eigenvalue weighted by molar-refractivity contribution is -0.142. The van der Waals surface area contributed by atoms with Crippen molar-refractivity contribution in [2.24, 2.45) is 11.3 Å². The highest BCUT2D eigenvalue weighted by atomic mass is 35.5. The van der Waals surface area contributed by atoms with Crippen LogP contribution in [0.25, 0.3) is 16.9 Å². The molecule has 1 aliphatic rings. The zero-order valence-electron chi connectivity index (χ0n) is 22.1. The second-order valence-electron chi connectivity index (χ2n) is 10.7. The van der Waals surface area contributed by atoms with E-state index in [1.807, 2.05) is 0 Å². The Bertz CT molecular complexity index is 1620. The molecule has 0 aliphatic heterocycles. The number of carbonyl (C=O) groups is 2. The van der Waals surface area contributed by atoms with Gasteiger partial charge in [-0.1, -0.05) is 62.7 Å². The second-order valence-corrected chi connectivity index (χ2v) is 12.2. The molecule has 1 aromatic carbocycles. The lowest BCUT2D eigenvalue weighted by Gasteiger charge is -2.33. The van der Waals surface area contributed by atoms with Crippen molar-refractivity contribution in [3.8, 4) is 11.3 Å². The van der Waals surface area contributed by atoms with Crippen molar-refractivity contribution < 1.29 is 27.5 Å². The number of thiophene rings is 1. The van der Waals surface area contributed by atoms with Gasteiger partial charge in [0.05, 0.1) is 18.4 Å². The normalized spacial score (nSPS) is 15.7. The number of benzene rings is 1. The average molecular weight is 591 g/mol. The van der Waals surface area contributed by atoms with Crippen molar-refractivity contribution in [1.82, 2.24) is 14.6 Å². The van der Waals surface area contributed by atoms with E-state index in [-0.39, 0.29) is 32.3 Å². The van der Waals surface area contributed by atoms with Crippen LogP contribution >= 0.6 is 22.9 Å². The first-order valence-electron chi connectivity index (χ1n) is 12.6. The van der Waals surface area contributed by atoms with Crippen molar-refractivity contribution in [1.29, 1.82) is 0 Å². The first kappa shape index (κ1) is 28.1. The molecule has 5 rings (SSSR count). The quantitative estimate of drug-likeness (QED) is 0.252. The number of rotatable bonds is 4. The van der Waals surface area contributed by atoms with Crippen LogP contribution in [-0.4, -0.2) is 33.6 Å². The molecule has 0 fully saturated rings. The van der Waals surface area contributed by atoms with Gasteiger partial charge in [0.2, 0.25) is 0 Å². The van der Waals surface area contributed by atoms with Gasteiger partial charge in [-0.25, -0.2) is 14.3 Å². The molecular weight excluding hydrogens is 565 g/mol. The van der Waals surface area contributed by atoms with Crippen molar-refractivity contribution in [3.63, 3.8) is 0 Å². The van der Waals surface area contributed by atoms with Gasteiger partial charge in [-0.05, 0) is 42.2 Å². The fraction of sp³-hybridized carbons (Fsp3) is 0.357. The number of amides is 1. The highest BCUT2D eigenvalue weighted by molar-refractivity contribution is 7.17. The number of aromatic nitrogens is 3. The zero-order valence-corrected chi connectivity index (χ0v) is 23.7. The molecule has 7 nitrogen and oxygen atoms in total. The molecule has 0 spiro atoms. The van der Waals surface area contributed by atoms with E-state index in [0.29, 0.717) is 22.4 Å². The molecule has 0 unspecified atom stereocenters. The number of esters is 1. The van der Waals surface area contributed by atoms with Crippen molar-refractivity contribution in [2.75, 3.05) is 12.4 Å². The Morgan fingerprint density at radius 1 is 1.18 bits per heavy atom. The van der Waals surface area contributed by atoms with Crippen LogP contribution in [0.15, 0.2) is 36.4 Å². The number of hydrogen-bond donors (Lipinski definition) is 1. The highest BCUT2D eigenvalue weighted by Crippen LogP contribution is 2.45. The number of anilines is 1. The number of methoxy groups -OCH3 is 1. The second kappa shape index (κ2) is 10.2. The standard InChI is InChI=1S/C28H26ClF3N4O3S/c1-27(2,3)15-10-11-16-18(12-15)40-25(20(16)26(38)39-4)34-24(37)22-21(29)23-33-17(14-8-6-5-7-9-14)13-19(28(30,31)32)36(23)35-22/h5-9,13,15H,10-12H2,1-4H3,(H,34,37)/t15-/m0/s1. The molecule has 210 valence electrons. The maximum absolute atomic E-state index is 14.0. The zero-order chi connectivity index (χ0) is 29.0. The molecule has 0 radical (unpaired) electrons. The smallest absolute Gasteiger partial charge is 0.433 e. The number of nitrogens with one attached hydrogen (secondary N) is 1. The minimum atomic E-state index is -4.80. The first-order valence-corrected chi connectivity index (χ1v) is 13.7. The highest BCUT2D eigenvalue weighted by Gasteiger charge is 2.38. The third kappa shape index (κ3) is 5.08. The van der Waals surface area contributed by atoms with E-state index in [4.69, 9.17) is 16.3 Å². The topological polar surface area (TPSA) is 85.6 Å². The Kier molecular flexibility index (Phi) is 7.16. The van der Waals surface area contributed by atoms with Gasteiger partial charge in [-0.3, -0.25) is 4.79 Å². The van der Waals surface area contributed by atoms with E-state index >= 15 is 0 Å². The van der Waals surface area contributed by atoms with Gasteiger partial charge < -0.3 is 10.1 Å². The summed E-state index contributed by atoms with van der Waals surface area (Å²) in [4.78, 5) is 31.4. The SMILES string of the molecule is COC(=O)c1c(NC(=O)c2nn3c(C(F)(F)F)cc(-c4ccccc4)nc3c2Cl)sc2c1CC[C@H](C(C)(C)C)C2. The van der Waals surface area contributed by atoms with Crippen LogP contribution in [0.4, 0.5) is 18.2 Å². The predicted molar refractivity (Wildman–Crippen MR) is 147 cm³/mol. The van der Waals surface area contributed by atoms with Gasteiger partial charge in [0.25, 0.3) is 5.91 Å². The monoisotopic (exact) mass is 590 g/mol. The van der Waals surface area contributed by atoms with E-state index in [2.05, 4.69) is 36.2 Å². The summed E-state index contributed by atoms with van der Waals surface area (Å²) < 4.78 is 47.7. The van der Waals surface area contributed by atoms with Gasteiger partial charge in [-0.15, -0.1) is 11.3 Å². The van der Waals surface area contributed by atoms with Crippen LogP contribution in [0, 0.1) is 11.3 Å². The summed E-state index contributed by atoms with van der Waals surface area (Å²) in [5.41, 5.74) is -0.284. The Morgan fingerprint density at radius 3 is 2.50 bits per heavy atom. The first-order chi connectivity index (χ1) is 18.8. The van der Waals surface area contributed by atoms with Gasteiger partial charge in [0, 0.05) is 10.4 Å². The van der Waals surface area contributed by atoms with Gasteiger partial charge in [0.15, 0.2) is 17.0 Å². The van der Waals surface area contributed by atoms with E-state index in [1.165, 1.54) is 18.4 Å². The maximum atomic E-state index is 14.0. The van der Waals surface area contributed by atoms with Crippen LogP contribution in [0.5, 0.6) is 0 Å². The minimum absolute atomic E-state index is 0.0292. The Labute approximate surface area is 237 Å². The molecular formula is C28H26ClF3N4O3S. The van der Waals surface area contributed by atoms with Gasteiger partial charge >= 0.3 is 12.1 Å². The molecule has 1 N–H and O–H groups in total. The van der Waals surface area contributed by atoms with Crippen LogP contribution in [0.1, 0.15) is 64.2 Å². The third-order valence-corrected chi connectivity index (χ3v) is 8.73. The number of carbonyl (C=O) groups excluding carboxylic acids is 2. The van der Waals surface area contributed by atoms with Crippen molar-refractivity contribution in [2.45, 2.75) is 46.2 Å². The largest absolute Gasteiger partial charge is 0.465 e. The number of halogens is 4. The summed E-state index contributed by atoms with van der Waals surface area (Å²) in [6, 6.07) is 9.18. The summed E-state index contributed by atoms with van der Waals surface area (Å²) >= 11 is 7.70. The fourth-order valence-corrected chi connectivity index (χ4v) is 6.55. The molecule has 0 saturated heterocycles. The molecule has 0 saturated carbocycles. The van der Waals surface area contributed by atoms with E-state index in [0.717, 1.165) is 29.3 Å². The van der Waals surface area contributed by atoms with E-state index in [1.54, 1.807) is 30.3 Å². The number of hydrogen-bond acceptors (Lipinski definition) is 6. The fourth-order valence-electron chi connectivity index (χ4n) is 4.99. The molecule has 1 atom stereocenters. The van der Waals surface area contributed by atoms with E-state index < -0.39 is 29.4 Å². The Hall–Kier alpha value is -3.44. The summed E-state index contributed by atoms with van der Waals surface area (Å²) in [6.07, 6.45) is -2.55. The van der Waals surface area contributed by atoms with Crippen molar-refractivity contribution in [3.05, 3.63) is 68.8 Å². The van der Waals surface area contributed by atoms with Gasteiger partial charge in [-0.2, -0.15) is 18.3 Å². The molecule has 0 bridgehead atoms. The summed E-state index contributed by atoms with van der Waals surface area (Å²) in [7, 11) is 1.26. The molecule has 3 heterocycles. The lowest BCUT2D eigenvalue weighted by atomic mass is 9.72. The number of fused-ring (bicyclic) bond motifs is 2. The predicted octanol–water partition coefficient (Wildman–Crippen LogP) is 7.32.